The summed E-state index contributed by atoms with van der Waals surface area (Å²) < 4.78 is 0. The van der Waals surface area contributed by atoms with Gasteiger partial charge in [-0.3, -0.25) is 4.79 Å². The van der Waals surface area contributed by atoms with Gasteiger partial charge in [-0.1, -0.05) is 24.3 Å². The molecule has 2 aromatic rings. The molecule has 18 heavy (non-hydrogen) atoms. The first kappa shape index (κ1) is 11.2. The second-order valence-corrected chi connectivity index (χ2v) is 4.62. The van der Waals surface area contributed by atoms with Crippen LogP contribution in [0.3, 0.4) is 0 Å². The molecule has 1 aromatic heterocycles. The average Bonchev–Trinajstić information content (AvgIpc) is 2.36. The Morgan fingerprint density at radius 1 is 1.28 bits per heavy atom. The summed E-state index contributed by atoms with van der Waals surface area (Å²) in [6.07, 6.45) is 0. The van der Waals surface area contributed by atoms with Crippen molar-refractivity contribution in [2.45, 2.75) is 0 Å². The van der Waals surface area contributed by atoms with E-state index in [1.807, 2.05) is 30.3 Å². The fourth-order valence-corrected chi connectivity index (χ4v) is 2.01. The lowest BCUT2D eigenvalue weighted by Crippen LogP contribution is -2.48. The van der Waals surface area contributed by atoms with Gasteiger partial charge in [0.2, 0.25) is 0 Å². The second-order valence-electron chi connectivity index (χ2n) is 4.62. The summed E-state index contributed by atoms with van der Waals surface area (Å²) in [6.45, 7) is 2.71. The van der Waals surface area contributed by atoms with Gasteiger partial charge in [0, 0.05) is 30.9 Å². The minimum atomic E-state index is -0.0901. The van der Waals surface area contributed by atoms with E-state index in [0.717, 1.165) is 30.5 Å². The Kier molecular flexibility index (Phi) is 2.94. The molecule has 0 unspecified atom stereocenters. The Morgan fingerprint density at radius 2 is 2.11 bits per heavy atom. The van der Waals surface area contributed by atoms with Gasteiger partial charge in [0.05, 0.1) is 5.52 Å². The van der Waals surface area contributed by atoms with Crippen LogP contribution >= 0.6 is 0 Å². The molecule has 0 saturated carbocycles. The van der Waals surface area contributed by atoms with Crippen LogP contribution in [-0.4, -0.2) is 30.5 Å². The minimum Gasteiger partial charge on any atom is -0.350 e. The number of carbonyl (C=O) groups is 1. The SMILES string of the molecule is O=C(NCC1CNC1)c1ccc2ccccc2n1. The molecule has 2 heterocycles. The van der Waals surface area contributed by atoms with Crippen LogP contribution in [0.15, 0.2) is 36.4 Å². The Bertz CT molecular complexity index is 578. The summed E-state index contributed by atoms with van der Waals surface area (Å²) in [5.41, 5.74) is 1.34. The summed E-state index contributed by atoms with van der Waals surface area (Å²) in [5, 5.41) is 7.16. The van der Waals surface area contributed by atoms with Crippen LogP contribution in [0.25, 0.3) is 10.9 Å². The fourth-order valence-electron chi connectivity index (χ4n) is 2.01. The summed E-state index contributed by atoms with van der Waals surface area (Å²) in [6, 6.07) is 11.5. The van der Waals surface area contributed by atoms with Crippen molar-refractivity contribution >= 4 is 16.8 Å². The van der Waals surface area contributed by atoms with Gasteiger partial charge in [0.15, 0.2) is 0 Å². The molecule has 3 rings (SSSR count). The number of fused-ring (bicyclic) bond motifs is 1. The number of aromatic nitrogens is 1. The lowest BCUT2D eigenvalue weighted by atomic mass is 10.0. The van der Waals surface area contributed by atoms with Gasteiger partial charge < -0.3 is 10.6 Å². The summed E-state index contributed by atoms with van der Waals surface area (Å²) in [4.78, 5) is 16.3. The Morgan fingerprint density at radius 3 is 2.89 bits per heavy atom. The maximum absolute atomic E-state index is 11.9. The minimum absolute atomic E-state index is 0.0901. The lowest BCUT2D eigenvalue weighted by molar-refractivity contribution is 0.0937. The first-order chi connectivity index (χ1) is 8.83. The fraction of sp³-hybridized carbons (Fsp3) is 0.286. The largest absolute Gasteiger partial charge is 0.350 e. The number of nitrogens with one attached hydrogen (secondary N) is 2. The smallest absolute Gasteiger partial charge is 0.269 e. The first-order valence-corrected chi connectivity index (χ1v) is 6.17. The highest BCUT2D eigenvalue weighted by molar-refractivity contribution is 5.94. The molecule has 1 aliphatic heterocycles. The van der Waals surface area contributed by atoms with Crippen LogP contribution < -0.4 is 10.6 Å². The number of para-hydroxylation sites is 1. The number of hydrogen-bond donors (Lipinski definition) is 2. The predicted octanol–water partition coefficient (Wildman–Crippen LogP) is 1.18. The zero-order valence-electron chi connectivity index (χ0n) is 10.0. The molecule has 0 bridgehead atoms. The van der Waals surface area contributed by atoms with Crippen LogP contribution in [0.2, 0.25) is 0 Å². The van der Waals surface area contributed by atoms with Gasteiger partial charge in [0.25, 0.3) is 5.91 Å². The van der Waals surface area contributed by atoms with E-state index in [9.17, 15) is 4.79 Å². The first-order valence-electron chi connectivity index (χ1n) is 6.17. The maximum atomic E-state index is 11.9. The third-order valence-electron chi connectivity index (χ3n) is 3.25. The molecule has 0 aliphatic carbocycles. The number of benzene rings is 1. The monoisotopic (exact) mass is 241 g/mol. The molecule has 1 aromatic carbocycles. The molecule has 92 valence electrons. The van der Waals surface area contributed by atoms with Gasteiger partial charge >= 0.3 is 0 Å². The highest BCUT2D eigenvalue weighted by Gasteiger charge is 2.17. The van der Waals surface area contributed by atoms with Gasteiger partial charge in [-0.05, 0) is 12.1 Å². The van der Waals surface area contributed by atoms with E-state index in [-0.39, 0.29) is 5.91 Å². The molecule has 4 heteroatoms. The van der Waals surface area contributed by atoms with E-state index < -0.39 is 0 Å². The van der Waals surface area contributed by atoms with Crippen molar-refractivity contribution in [3.05, 3.63) is 42.1 Å². The van der Waals surface area contributed by atoms with E-state index >= 15 is 0 Å². The zero-order valence-corrected chi connectivity index (χ0v) is 10.0. The normalized spacial score (nSPS) is 15.3. The average molecular weight is 241 g/mol. The standard InChI is InChI=1S/C14H15N3O/c18-14(16-9-10-7-15-8-10)13-6-5-11-3-1-2-4-12(11)17-13/h1-6,10,15H,7-9H2,(H,16,18). The topological polar surface area (TPSA) is 54.0 Å². The van der Waals surface area contributed by atoms with Crippen molar-refractivity contribution < 1.29 is 4.79 Å². The number of hydrogen-bond acceptors (Lipinski definition) is 3. The Labute approximate surface area is 105 Å². The molecule has 1 amide bonds. The van der Waals surface area contributed by atoms with E-state index in [4.69, 9.17) is 0 Å². The second kappa shape index (κ2) is 4.74. The van der Waals surface area contributed by atoms with Crippen molar-refractivity contribution in [1.29, 1.82) is 0 Å². The van der Waals surface area contributed by atoms with E-state index in [1.54, 1.807) is 6.07 Å². The van der Waals surface area contributed by atoms with Crippen LogP contribution in [0, 0.1) is 5.92 Å². The van der Waals surface area contributed by atoms with E-state index in [2.05, 4.69) is 15.6 Å². The molecule has 0 radical (unpaired) electrons. The summed E-state index contributed by atoms with van der Waals surface area (Å²) in [7, 11) is 0. The summed E-state index contributed by atoms with van der Waals surface area (Å²) in [5.74, 6) is 0.474. The van der Waals surface area contributed by atoms with Crippen LogP contribution in [0.1, 0.15) is 10.5 Å². The van der Waals surface area contributed by atoms with Crippen LogP contribution in [0.4, 0.5) is 0 Å². The predicted molar refractivity (Wildman–Crippen MR) is 70.4 cm³/mol. The number of rotatable bonds is 3. The number of pyridine rings is 1. The molecule has 2 N–H and O–H groups in total. The van der Waals surface area contributed by atoms with Crippen LogP contribution in [-0.2, 0) is 0 Å². The molecule has 0 atom stereocenters. The van der Waals surface area contributed by atoms with E-state index in [1.165, 1.54) is 0 Å². The number of carbonyl (C=O) groups excluding carboxylic acids is 1. The molecule has 1 saturated heterocycles. The van der Waals surface area contributed by atoms with Gasteiger partial charge in [-0.25, -0.2) is 4.98 Å². The highest BCUT2D eigenvalue weighted by Crippen LogP contribution is 2.11. The zero-order chi connectivity index (χ0) is 12.4. The highest BCUT2D eigenvalue weighted by atomic mass is 16.1. The molecule has 4 nitrogen and oxygen atoms in total. The molecular formula is C14H15N3O. The molecule has 1 fully saturated rings. The quantitative estimate of drug-likeness (QED) is 0.848. The van der Waals surface area contributed by atoms with Crippen molar-refractivity contribution in [3.63, 3.8) is 0 Å². The molecular weight excluding hydrogens is 226 g/mol. The lowest BCUT2D eigenvalue weighted by Gasteiger charge is -2.26. The summed E-state index contributed by atoms with van der Waals surface area (Å²) >= 11 is 0. The van der Waals surface area contributed by atoms with Crippen LogP contribution in [0.5, 0.6) is 0 Å². The maximum Gasteiger partial charge on any atom is 0.269 e. The van der Waals surface area contributed by atoms with Crippen molar-refractivity contribution in [1.82, 2.24) is 15.6 Å². The third kappa shape index (κ3) is 2.19. The Hall–Kier alpha value is -1.94. The van der Waals surface area contributed by atoms with Gasteiger partial charge in [-0.15, -0.1) is 0 Å². The van der Waals surface area contributed by atoms with Gasteiger partial charge in [0.1, 0.15) is 5.69 Å². The number of nitrogens with zero attached hydrogens (tertiary/aromatic N) is 1. The van der Waals surface area contributed by atoms with Crippen molar-refractivity contribution in [3.8, 4) is 0 Å². The number of amides is 1. The molecule has 1 aliphatic rings. The third-order valence-corrected chi connectivity index (χ3v) is 3.25. The van der Waals surface area contributed by atoms with Gasteiger partial charge in [-0.2, -0.15) is 0 Å². The molecule has 0 spiro atoms. The van der Waals surface area contributed by atoms with E-state index in [0.29, 0.717) is 11.6 Å². The van der Waals surface area contributed by atoms with Crippen molar-refractivity contribution in [2.24, 2.45) is 5.92 Å². The van der Waals surface area contributed by atoms with Crippen molar-refractivity contribution in [2.75, 3.05) is 19.6 Å². The Balaban J connectivity index is 1.74.